The lowest BCUT2D eigenvalue weighted by Crippen LogP contribution is -2.53. The Morgan fingerprint density at radius 1 is 1.11 bits per heavy atom. The number of hydrogen-bond donors (Lipinski definition) is 1. The van der Waals surface area contributed by atoms with Crippen LogP contribution in [-0.2, 0) is 20.4 Å². The smallest absolute Gasteiger partial charge is 0.252 e. The van der Waals surface area contributed by atoms with E-state index in [4.69, 9.17) is 0 Å². The minimum atomic E-state index is -3.47. The summed E-state index contributed by atoms with van der Waals surface area (Å²) in [5, 5.41) is 3.29. The molecule has 0 radical (unpaired) electrons. The summed E-state index contributed by atoms with van der Waals surface area (Å²) in [4.78, 5) is 12.9. The highest BCUT2D eigenvalue weighted by Gasteiger charge is 2.42. The highest BCUT2D eigenvalue weighted by molar-refractivity contribution is 9.11. The molecule has 28 heavy (non-hydrogen) atoms. The second-order valence-electron chi connectivity index (χ2n) is 7.53. The Hall–Kier alpha value is -1.22. The molecule has 0 atom stereocenters. The molecule has 1 saturated carbocycles. The molecule has 1 amide bonds. The molecule has 1 N–H and O–H groups in total. The number of carbonyl (C=O) groups is 1. The van der Waals surface area contributed by atoms with Gasteiger partial charge >= 0.3 is 0 Å². The molecule has 2 fully saturated rings. The lowest BCUT2D eigenvalue weighted by Gasteiger charge is -2.44. The molecule has 0 spiro atoms. The van der Waals surface area contributed by atoms with Crippen LogP contribution in [0.5, 0.6) is 0 Å². The second-order valence-corrected chi connectivity index (χ2v) is 12.2. The maximum Gasteiger partial charge on any atom is 0.252 e. The molecule has 2 heterocycles. The Bertz CT molecular complexity index is 947. The van der Waals surface area contributed by atoms with E-state index in [1.54, 1.807) is 12.1 Å². The van der Waals surface area contributed by atoms with Gasteiger partial charge in [0.05, 0.1) is 9.33 Å². The minimum Gasteiger partial charge on any atom is -0.346 e. The van der Waals surface area contributed by atoms with Gasteiger partial charge in [-0.25, -0.2) is 8.42 Å². The van der Waals surface area contributed by atoms with E-state index in [-0.39, 0.29) is 17.4 Å². The molecule has 1 aromatic carbocycles. The van der Waals surface area contributed by atoms with Gasteiger partial charge in [0.25, 0.3) is 10.0 Å². The molecule has 2 aromatic rings. The van der Waals surface area contributed by atoms with Crippen molar-refractivity contribution < 1.29 is 13.2 Å². The summed E-state index contributed by atoms with van der Waals surface area (Å²) in [5.41, 5.74) is 0.919. The van der Waals surface area contributed by atoms with Crippen LogP contribution in [0.3, 0.4) is 0 Å². The zero-order valence-electron chi connectivity index (χ0n) is 15.4. The van der Waals surface area contributed by atoms with Crippen molar-refractivity contribution in [3.05, 3.63) is 51.8 Å². The number of hydrogen-bond acceptors (Lipinski definition) is 4. The predicted octanol–water partition coefficient (Wildman–Crippen LogP) is 4.11. The van der Waals surface area contributed by atoms with Crippen LogP contribution in [0.25, 0.3) is 0 Å². The molecule has 8 heteroatoms. The van der Waals surface area contributed by atoms with E-state index in [1.165, 1.54) is 15.6 Å². The first kappa shape index (κ1) is 20.1. The number of amides is 1. The van der Waals surface area contributed by atoms with Crippen molar-refractivity contribution in [2.24, 2.45) is 5.92 Å². The predicted molar refractivity (Wildman–Crippen MR) is 114 cm³/mol. The normalized spacial score (nSPS) is 20.5. The largest absolute Gasteiger partial charge is 0.346 e. The maximum atomic E-state index is 12.9. The van der Waals surface area contributed by atoms with Crippen LogP contribution in [0.4, 0.5) is 0 Å². The summed E-state index contributed by atoms with van der Waals surface area (Å²) in [7, 11) is -3.47. The second kappa shape index (κ2) is 7.89. The zero-order valence-corrected chi connectivity index (χ0v) is 18.7. The van der Waals surface area contributed by atoms with Crippen LogP contribution in [0.15, 0.2) is 50.5 Å². The summed E-state index contributed by atoms with van der Waals surface area (Å²) in [5.74, 6) is -0.0813. The van der Waals surface area contributed by atoms with Gasteiger partial charge in [-0.15, -0.1) is 11.3 Å². The molecule has 4 rings (SSSR count). The summed E-state index contributed by atoms with van der Waals surface area (Å²) in [6.07, 6.45) is 4.15. The quantitative estimate of drug-likeness (QED) is 0.696. The minimum absolute atomic E-state index is 0.0551. The van der Waals surface area contributed by atoms with Gasteiger partial charge < -0.3 is 5.32 Å². The lowest BCUT2D eigenvalue weighted by atomic mass is 9.71. The Kier molecular flexibility index (Phi) is 5.66. The lowest BCUT2D eigenvalue weighted by molar-refractivity contribution is -0.129. The van der Waals surface area contributed by atoms with Crippen LogP contribution in [0, 0.1) is 5.92 Å². The summed E-state index contributed by atoms with van der Waals surface area (Å²) >= 11 is 4.54. The number of piperidine rings is 1. The van der Waals surface area contributed by atoms with E-state index in [2.05, 4.69) is 33.4 Å². The fourth-order valence-corrected chi connectivity index (χ4v) is 7.67. The Balaban J connectivity index is 1.39. The van der Waals surface area contributed by atoms with Gasteiger partial charge in [-0.1, -0.05) is 30.3 Å². The number of sulfonamides is 1. The molecule has 1 aromatic heterocycles. The summed E-state index contributed by atoms with van der Waals surface area (Å²) in [6, 6.07) is 13.5. The Morgan fingerprint density at radius 3 is 2.32 bits per heavy atom. The van der Waals surface area contributed by atoms with E-state index >= 15 is 0 Å². The highest BCUT2D eigenvalue weighted by Crippen LogP contribution is 2.41. The summed E-state index contributed by atoms with van der Waals surface area (Å²) < 4.78 is 28.2. The van der Waals surface area contributed by atoms with Crippen molar-refractivity contribution in [3.63, 3.8) is 0 Å². The van der Waals surface area contributed by atoms with E-state index in [9.17, 15) is 13.2 Å². The molecule has 1 aliphatic heterocycles. The van der Waals surface area contributed by atoms with Crippen LogP contribution < -0.4 is 5.32 Å². The third-order valence-corrected chi connectivity index (χ3v) is 9.85. The average Bonchev–Trinajstić information content (AvgIpc) is 3.12. The first-order valence-corrected chi connectivity index (χ1v) is 12.6. The van der Waals surface area contributed by atoms with Crippen molar-refractivity contribution in [3.8, 4) is 0 Å². The highest BCUT2D eigenvalue weighted by atomic mass is 79.9. The average molecular weight is 483 g/mol. The summed E-state index contributed by atoms with van der Waals surface area (Å²) in [6.45, 7) is 0.766. The van der Waals surface area contributed by atoms with Gasteiger partial charge in [0.1, 0.15) is 4.21 Å². The number of carbonyl (C=O) groups excluding carboxylic acids is 1. The number of benzene rings is 1. The van der Waals surface area contributed by atoms with Gasteiger partial charge in [0.2, 0.25) is 5.91 Å². The van der Waals surface area contributed by atoms with Crippen LogP contribution in [0.1, 0.15) is 37.7 Å². The number of halogens is 1. The molecular weight excluding hydrogens is 460 g/mol. The molecular formula is C20H23BrN2O3S2. The molecule has 0 bridgehead atoms. The third kappa shape index (κ3) is 3.79. The van der Waals surface area contributed by atoms with Crippen molar-refractivity contribution in [1.29, 1.82) is 0 Å². The fourth-order valence-electron chi connectivity index (χ4n) is 4.03. The first-order chi connectivity index (χ1) is 13.4. The zero-order chi connectivity index (χ0) is 19.8. The molecule has 2 aliphatic rings. The van der Waals surface area contributed by atoms with Gasteiger partial charge in [-0.2, -0.15) is 4.31 Å². The molecule has 1 aliphatic carbocycles. The standard InChI is InChI=1S/C20H23BrN2O3S2/c21-17-7-8-18(27-17)28(25,26)23-13-9-15(10-14-23)19(24)22-20(11-4-12-20)16-5-2-1-3-6-16/h1-3,5-8,15H,4,9-14H2,(H,22,24). The van der Waals surface area contributed by atoms with Crippen molar-refractivity contribution in [1.82, 2.24) is 9.62 Å². The Morgan fingerprint density at radius 2 is 1.79 bits per heavy atom. The molecule has 150 valence electrons. The maximum absolute atomic E-state index is 12.9. The Labute approximate surface area is 178 Å². The van der Waals surface area contributed by atoms with Gasteiger partial charge in [-0.3, -0.25) is 4.79 Å². The van der Waals surface area contributed by atoms with Crippen molar-refractivity contribution in [2.75, 3.05) is 13.1 Å². The topological polar surface area (TPSA) is 66.5 Å². The first-order valence-electron chi connectivity index (χ1n) is 9.54. The van der Waals surface area contributed by atoms with E-state index < -0.39 is 10.0 Å². The van der Waals surface area contributed by atoms with Crippen LogP contribution >= 0.6 is 27.3 Å². The van der Waals surface area contributed by atoms with Crippen LogP contribution in [0.2, 0.25) is 0 Å². The van der Waals surface area contributed by atoms with Gasteiger partial charge in [0.15, 0.2) is 0 Å². The number of thiophene rings is 1. The van der Waals surface area contributed by atoms with E-state index in [1.807, 2.05) is 18.2 Å². The van der Waals surface area contributed by atoms with Crippen molar-refractivity contribution >= 4 is 43.2 Å². The van der Waals surface area contributed by atoms with Gasteiger partial charge in [-0.05, 0) is 65.7 Å². The third-order valence-electron chi connectivity index (χ3n) is 5.86. The van der Waals surface area contributed by atoms with Crippen LogP contribution in [-0.4, -0.2) is 31.7 Å². The van der Waals surface area contributed by atoms with Crippen molar-refractivity contribution in [2.45, 2.75) is 41.9 Å². The molecule has 5 nitrogen and oxygen atoms in total. The van der Waals surface area contributed by atoms with Gasteiger partial charge in [0, 0.05) is 19.0 Å². The molecule has 0 unspecified atom stereocenters. The SMILES string of the molecule is O=C(NC1(c2ccccc2)CCC1)C1CCN(S(=O)(=O)c2ccc(Br)s2)CC1. The number of nitrogens with one attached hydrogen (secondary N) is 1. The van der Waals surface area contributed by atoms with E-state index in [0.717, 1.165) is 28.6 Å². The monoisotopic (exact) mass is 482 g/mol. The number of rotatable bonds is 5. The van der Waals surface area contributed by atoms with E-state index in [0.29, 0.717) is 30.1 Å². The number of nitrogens with zero attached hydrogens (tertiary/aromatic N) is 1. The molecule has 1 saturated heterocycles. The fraction of sp³-hybridized carbons (Fsp3) is 0.450.